The van der Waals surface area contributed by atoms with Crippen molar-refractivity contribution in [2.24, 2.45) is 0 Å². The Morgan fingerprint density at radius 1 is 0.447 bits per heavy atom. The van der Waals surface area contributed by atoms with Crippen molar-refractivity contribution in [2.45, 2.75) is 12.3 Å². The predicted molar refractivity (Wildman–Crippen MR) is 204 cm³/mol. The van der Waals surface area contributed by atoms with Crippen LogP contribution >= 0.6 is 11.3 Å². The summed E-state index contributed by atoms with van der Waals surface area (Å²) in [6.45, 7) is 0. The van der Waals surface area contributed by atoms with E-state index >= 15 is 0 Å². The van der Waals surface area contributed by atoms with Crippen molar-refractivity contribution < 1.29 is 0 Å². The minimum absolute atomic E-state index is 0.395. The van der Waals surface area contributed by atoms with E-state index in [1.54, 1.807) is 0 Å². The van der Waals surface area contributed by atoms with Crippen LogP contribution in [0.1, 0.15) is 17.2 Å². The summed E-state index contributed by atoms with van der Waals surface area (Å²) in [6.07, 6.45) is 10.0. The normalized spacial score (nSPS) is 14.3. The van der Waals surface area contributed by atoms with Crippen molar-refractivity contribution in [1.82, 2.24) is 0 Å². The van der Waals surface area contributed by atoms with E-state index in [2.05, 4.69) is 176 Å². The molecule has 1 unspecified atom stereocenters. The summed E-state index contributed by atoms with van der Waals surface area (Å²) >= 11 is 1.94. The molecule has 9 rings (SSSR count). The van der Waals surface area contributed by atoms with E-state index in [-0.39, 0.29) is 0 Å². The smallest absolute Gasteiger partial charge is 0.0352 e. The fourth-order valence-electron chi connectivity index (χ4n) is 7.44. The zero-order valence-corrected chi connectivity index (χ0v) is 26.8. The standard InChI is InChI=1S/C46H32S/c1-3-15-32(16-4-1)42-30-43(47-46(42)33-18-5-2-6-19-33)34-21-13-22-35(29-34)44-38-24-9-11-26-40(38)45(41-27-12-10-25-39(41)44)37-28-14-20-31-17-7-8-23-36(31)37/h1-18,20-30,33H,19H2. The molecule has 47 heavy (non-hydrogen) atoms. The Morgan fingerprint density at radius 3 is 1.77 bits per heavy atom. The molecule has 0 saturated heterocycles. The molecule has 0 N–H and O–H groups in total. The van der Waals surface area contributed by atoms with E-state index in [9.17, 15) is 0 Å². The van der Waals surface area contributed by atoms with E-state index in [0.29, 0.717) is 5.92 Å². The Kier molecular flexibility index (Phi) is 6.91. The SMILES string of the molecule is C1=CCC(c2sc(-c3cccc(-c4c5ccccc5c(-c5cccc6ccccc56)c5ccccc45)c3)cc2-c2ccccc2)C=C1. The largest absolute Gasteiger partial charge is 0.139 e. The van der Waals surface area contributed by atoms with E-state index in [1.807, 2.05) is 11.3 Å². The minimum Gasteiger partial charge on any atom is -0.139 e. The summed E-state index contributed by atoms with van der Waals surface area (Å²) < 4.78 is 0. The van der Waals surface area contributed by atoms with Gasteiger partial charge in [-0.05, 0) is 89.8 Å². The van der Waals surface area contributed by atoms with Gasteiger partial charge in [0.2, 0.25) is 0 Å². The highest BCUT2D eigenvalue weighted by molar-refractivity contribution is 7.16. The Hall–Kier alpha value is -5.50. The molecule has 0 nitrogen and oxygen atoms in total. The van der Waals surface area contributed by atoms with Crippen molar-refractivity contribution >= 4 is 43.7 Å². The molecule has 0 bridgehead atoms. The van der Waals surface area contributed by atoms with Crippen molar-refractivity contribution in [3.05, 3.63) is 181 Å². The first-order chi connectivity index (χ1) is 23.3. The Morgan fingerprint density at radius 2 is 1.04 bits per heavy atom. The van der Waals surface area contributed by atoms with Crippen LogP contribution in [0.5, 0.6) is 0 Å². The predicted octanol–water partition coefficient (Wildman–Crippen LogP) is 13.5. The molecule has 1 atom stereocenters. The fourth-order valence-corrected chi connectivity index (χ4v) is 8.71. The first-order valence-corrected chi connectivity index (χ1v) is 17.2. The highest BCUT2D eigenvalue weighted by Crippen LogP contribution is 2.47. The van der Waals surface area contributed by atoms with Crippen LogP contribution in [0.4, 0.5) is 0 Å². The van der Waals surface area contributed by atoms with Gasteiger partial charge in [0.05, 0.1) is 0 Å². The number of hydrogen-bond donors (Lipinski definition) is 0. The molecule has 0 amide bonds. The van der Waals surface area contributed by atoms with Gasteiger partial charge in [0, 0.05) is 15.7 Å². The number of allylic oxidation sites excluding steroid dienone is 4. The second-order valence-electron chi connectivity index (χ2n) is 12.4. The summed E-state index contributed by atoms with van der Waals surface area (Å²) in [5.41, 5.74) is 9.01. The van der Waals surface area contributed by atoms with Gasteiger partial charge in [-0.25, -0.2) is 0 Å². The third-order valence-corrected chi connectivity index (χ3v) is 10.9. The van der Waals surface area contributed by atoms with Gasteiger partial charge in [-0.15, -0.1) is 11.3 Å². The van der Waals surface area contributed by atoms with Gasteiger partial charge >= 0.3 is 0 Å². The first-order valence-electron chi connectivity index (χ1n) is 16.4. The summed E-state index contributed by atoms with van der Waals surface area (Å²) in [6, 6.07) is 55.9. The molecular formula is C46H32S. The zero-order chi connectivity index (χ0) is 31.2. The fraction of sp³-hybridized carbons (Fsp3) is 0.0435. The van der Waals surface area contributed by atoms with E-state index < -0.39 is 0 Å². The number of fused-ring (bicyclic) bond motifs is 3. The highest BCUT2D eigenvalue weighted by atomic mass is 32.1. The summed E-state index contributed by atoms with van der Waals surface area (Å²) in [7, 11) is 0. The number of benzene rings is 7. The van der Waals surface area contributed by atoms with Crippen LogP contribution < -0.4 is 0 Å². The second-order valence-corrected chi connectivity index (χ2v) is 13.4. The zero-order valence-electron chi connectivity index (χ0n) is 25.9. The van der Waals surface area contributed by atoms with E-state index in [0.717, 1.165) is 6.42 Å². The van der Waals surface area contributed by atoms with Crippen LogP contribution in [0.25, 0.3) is 76.1 Å². The minimum atomic E-state index is 0.395. The summed E-state index contributed by atoms with van der Waals surface area (Å²) in [5, 5.41) is 7.67. The molecule has 7 aromatic carbocycles. The monoisotopic (exact) mass is 616 g/mol. The van der Waals surface area contributed by atoms with Gasteiger partial charge < -0.3 is 0 Å². The lowest BCUT2D eigenvalue weighted by molar-refractivity contribution is 0.875. The van der Waals surface area contributed by atoms with Crippen molar-refractivity contribution in [1.29, 1.82) is 0 Å². The molecule has 0 spiro atoms. The molecule has 0 aliphatic heterocycles. The number of thiophene rings is 1. The van der Waals surface area contributed by atoms with Crippen LogP contribution in [-0.2, 0) is 0 Å². The van der Waals surface area contributed by atoms with Crippen molar-refractivity contribution in [2.75, 3.05) is 0 Å². The van der Waals surface area contributed by atoms with Crippen molar-refractivity contribution in [3.63, 3.8) is 0 Å². The third kappa shape index (κ3) is 4.83. The summed E-state index contributed by atoms with van der Waals surface area (Å²) in [4.78, 5) is 2.75. The van der Waals surface area contributed by atoms with Crippen LogP contribution in [0.15, 0.2) is 176 Å². The van der Waals surface area contributed by atoms with Gasteiger partial charge in [-0.2, -0.15) is 0 Å². The Bertz CT molecular complexity index is 2430. The first kappa shape index (κ1) is 27.8. The summed E-state index contributed by atoms with van der Waals surface area (Å²) in [5.74, 6) is 0.395. The van der Waals surface area contributed by atoms with Crippen LogP contribution in [0, 0.1) is 0 Å². The van der Waals surface area contributed by atoms with Crippen LogP contribution in [0.2, 0.25) is 0 Å². The molecular weight excluding hydrogens is 585 g/mol. The molecule has 0 fully saturated rings. The van der Waals surface area contributed by atoms with Gasteiger partial charge in [0.25, 0.3) is 0 Å². The number of rotatable bonds is 5. The molecule has 1 aliphatic rings. The lowest BCUT2D eigenvalue weighted by Gasteiger charge is -2.19. The average molecular weight is 617 g/mol. The quantitative estimate of drug-likeness (QED) is 0.169. The van der Waals surface area contributed by atoms with Gasteiger partial charge in [-0.3, -0.25) is 0 Å². The average Bonchev–Trinajstić information content (AvgIpc) is 3.60. The van der Waals surface area contributed by atoms with E-state index in [1.165, 1.54) is 81.0 Å². The lowest BCUT2D eigenvalue weighted by atomic mass is 9.84. The molecule has 0 saturated carbocycles. The topological polar surface area (TPSA) is 0 Å². The van der Waals surface area contributed by atoms with Gasteiger partial charge in [0.1, 0.15) is 0 Å². The number of hydrogen-bond acceptors (Lipinski definition) is 1. The molecule has 0 radical (unpaired) electrons. The van der Waals surface area contributed by atoms with Gasteiger partial charge in [-0.1, -0.05) is 164 Å². The maximum atomic E-state index is 2.42. The van der Waals surface area contributed by atoms with E-state index in [4.69, 9.17) is 0 Å². The Labute approximate surface area is 279 Å². The maximum Gasteiger partial charge on any atom is 0.0352 e. The molecule has 1 aliphatic carbocycles. The van der Waals surface area contributed by atoms with Gasteiger partial charge in [0.15, 0.2) is 0 Å². The molecule has 1 heteroatoms. The molecule has 8 aromatic rings. The van der Waals surface area contributed by atoms with Crippen LogP contribution in [-0.4, -0.2) is 0 Å². The second kappa shape index (κ2) is 11.7. The molecule has 1 aromatic heterocycles. The third-order valence-electron chi connectivity index (χ3n) is 9.59. The lowest BCUT2D eigenvalue weighted by Crippen LogP contribution is -1.95. The highest BCUT2D eigenvalue weighted by Gasteiger charge is 2.21. The molecule has 1 heterocycles. The van der Waals surface area contributed by atoms with Crippen molar-refractivity contribution in [3.8, 4) is 43.8 Å². The molecule has 222 valence electrons. The van der Waals surface area contributed by atoms with Crippen LogP contribution in [0.3, 0.4) is 0 Å². The maximum absolute atomic E-state index is 2.42. The Balaban J connectivity index is 1.26.